The Morgan fingerprint density at radius 2 is 2.07 bits per heavy atom. The lowest BCUT2D eigenvalue weighted by Gasteiger charge is -2.06. The van der Waals surface area contributed by atoms with E-state index in [-0.39, 0.29) is 9.92 Å². The summed E-state index contributed by atoms with van der Waals surface area (Å²) in [6, 6.07) is 2.68. The molecule has 1 aromatic carbocycles. The van der Waals surface area contributed by atoms with Crippen LogP contribution in [0.5, 0.6) is 5.75 Å². The van der Waals surface area contributed by atoms with E-state index >= 15 is 0 Å². The molecule has 0 atom stereocenters. The lowest BCUT2D eigenvalue weighted by Crippen LogP contribution is -2.12. The Kier molecular flexibility index (Phi) is 3.41. The molecule has 4 nitrogen and oxygen atoms in total. The second-order valence-corrected chi connectivity index (χ2v) is 5.25. The van der Waals surface area contributed by atoms with Gasteiger partial charge in [0, 0.05) is 6.07 Å². The van der Waals surface area contributed by atoms with Gasteiger partial charge in [-0.25, -0.2) is 13.6 Å². The van der Waals surface area contributed by atoms with Crippen LogP contribution in [0.1, 0.15) is 0 Å². The third kappa shape index (κ3) is 2.38. The summed E-state index contributed by atoms with van der Waals surface area (Å²) in [6.07, 6.45) is 0. The fourth-order valence-electron chi connectivity index (χ4n) is 0.885. The lowest BCUT2D eigenvalue weighted by atomic mass is 10.3. The van der Waals surface area contributed by atoms with Gasteiger partial charge in [0.25, 0.3) is 0 Å². The molecule has 0 saturated heterocycles. The van der Waals surface area contributed by atoms with Crippen LogP contribution in [0.4, 0.5) is 0 Å². The van der Waals surface area contributed by atoms with Gasteiger partial charge < -0.3 is 4.74 Å². The number of hydrogen-bond donors (Lipinski definition) is 1. The van der Waals surface area contributed by atoms with Gasteiger partial charge in [-0.15, -0.1) is 0 Å². The first-order valence-electron chi connectivity index (χ1n) is 3.42. The van der Waals surface area contributed by atoms with Gasteiger partial charge >= 0.3 is 0 Å². The fourth-order valence-corrected chi connectivity index (χ4v) is 2.63. The number of methoxy groups -OCH3 is 1. The van der Waals surface area contributed by atoms with Gasteiger partial charge in [-0.3, -0.25) is 0 Å². The second kappa shape index (κ2) is 4.06. The molecule has 0 aliphatic heterocycles. The number of benzene rings is 1. The summed E-state index contributed by atoms with van der Waals surface area (Å²) in [5.41, 5.74) is 0. The molecular formula is C7H7BrClNO3S. The summed E-state index contributed by atoms with van der Waals surface area (Å²) >= 11 is 8.84. The van der Waals surface area contributed by atoms with Gasteiger partial charge in [0.15, 0.2) is 0 Å². The van der Waals surface area contributed by atoms with Gasteiger partial charge in [-0.05, 0) is 22.0 Å². The third-order valence-corrected chi connectivity index (χ3v) is 3.51. The molecule has 0 fully saturated rings. The molecule has 78 valence electrons. The Balaban J connectivity index is 3.44. The molecule has 0 radical (unpaired) electrons. The Labute approximate surface area is 95.2 Å². The average Bonchev–Trinajstić information content (AvgIpc) is 2.06. The van der Waals surface area contributed by atoms with Crippen molar-refractivity contribution in [1.82, 2.24) is 0 Å². The van der Waals surface area contributed by atoms with E-state index in [2.05, 4.69) is 15.9 Å². The fraction of sp³-hybridized carbons (Fsp3) is 0.143. The smallest absolute Gasteiger partial charge is 0.239 e. The minimum atomic E-state index is -3.80. The molecule has 14 heavy (non-hydrogen) atoms. The molecule has 0 heterocycles. The monoisotopic (exact) mass is 299 g/mol. The molecule has 0 aromatic heterocycles. The van der Waals surface area contributed by atoms with E-state index in [1.165, 1.54) is 19.2 Å². The number of rotatable bonds is 2. The molecule has 0 unspecified atom stereocenters. The number of ether oxygens (including phenoxy) is 1. The topological polar surface area (TPSA) is 69.4 Å². The Hall–Kier alpha value is -0.300. The first-order chi connectivity index (χ1) is 6.36. The molecule has 0 bridgehead atoms. The minimum Gasteiger partial charge on any atom is -0.496 e. The van der Waals surface area contributed by atoms with Crippen LogP contribution in [0.25, 0.3) is 0 Å². The van der Waals surface area contributed by atoms with E-state index in [9.17, 15) is 8.42 Å². The van der Waals surface area contributed by atoms with E-state index in [0.29, 0.717) is 10.2 Å². The van der Waals surface area contributed by atoms with Gasteiger partial charge in [0.1, 0.15) is 10.6 Å². The molecular weight excluding hydrogens is 294 g/mol. The van der Waals surface area contributed by atoms with E-state index in [1.807, 2.05) is 0 Å². The van der Waals surface area contributed by atoms with Gasteiger partial charge in [-0.2, -0.15) is 0 Å². The maximum Gasteiger partial charge on any atom is 0.239 e. The number of hydrogen-bond acceptors (Lipinski definition) is 3. The van der Waals surface area contributed by atoms with Crippen LogP contribution in [0, 0.1) is 0 Å². The molecule has 2 N–H and O–H groups in total. The highest BCUT2D eigenvalue weighted by Gasteiger charge is 2.15. The lowest BCUT2D eigenvalue weighted by molar-refractivity contribution is 0.412. The van der Waals surface area contributed by atoms with Crippen LogP contribution in [-0.2, 0) is 10.0 Å². The first-order valence-corrected chi connectivity index (χ1v) is 6.14. The van der Waals surface area contributed by atoms with Crippen molar-refractivity contribution in [2.75, 3.05) is 7.11 Å². The highest BCUT2D eigenvalue weighted by Crippen LogP contribution is 2.32. The summed E-state index contributed by atoms with van der Waals surface area (Å²) in [6.45, 7) is 0. The highest BCUT2D eigenvalue weighted by molar-refractivity contribution is 9.10. The zero-order valence-corrected chi connectivity index (χ0v) is 10.3. The average molecular weight is 301 g/mol. The normalized spacial score (nSPS) is 11.4. The molecule has 7 heteroatoms. The Morgan fingerprint density at radius 3 is 2.50 bits per heavy atom. The second-order valence-electron chi connectivity index (χ2n) is 2.46. The minimum absolute atomic E-state index is 0.0348. The van der Waals surface area contributed by atoms with Crippen molar-refractivity contribution in [3.8, 4) is 5.75 Å². The van der Waals surface area contributed by atoms with Crippen LogP contribution in [0.15, 0.2) is 21.5 Å². The van der Waals surface area contributed by atoms with Crippen LogP contribution in [-0.4, -0.2) is 15.5 Å². The Bertz CT molecular complexity index is 460. The van der Waals surface area contributed by atoms with Crippen molar-refractivity contribution in [1.29, 1.82) is 0 Å². The van der Waals surface area contributed by atoms with E-state index < -0.39 is 10.0 Å². The highest BCUT2D eigenvalue weighted by atomic mass is 79.9. The van der Waals surface area contributed by atoms with Crippen LogP contribution < -0.4 is 9.88 Å². The van der Waals surface area contributed by atoms with Crippen LogP contribution in [0.3, 0.4) is 0 Å². The summed E-state index contributed by atoms with van der Waals surface area (Å²) in [5, 5.41) is 4.98. The zero-order valence-electron chi connectivity index (χ0n) is 7.12. The van der Waals surface area contributed by atoms with Gasteiger partial charge in [0.05, 0.1) is 16.6 Å². The third-order valence-electron chi connectivity index (χ3n) is 1.51. The van der Waals surface area contributed by atoms with Crippen LogP contribution in [0.2, 0.25) is 5.02 Å². The molecule has 1 aromatic rings. The number of sulfonamides is 1. The van der Waals surface area contributed by atoms with Crippen molar-refractivity contribution in [3.63, 3.8) is 0 Å². The van der Waals surface area contributed by atoms with Crippen molar-refractivity contribution in [3.05, 3.63) is 21.6 Å². The molecule has 0 spiro atoms. The number of nitrogens with two attached hydrogens (primary N) is 1. The van der Waals surface area contributed by atoms with Gasteiger partial charge in [0.2, 0.25) is 10.0 Å². The summed E-state index contributed by atoms with van der Waals surface area (Å²) < 4.78 is 27.5. The Morgan fingerprint density at radius 1 is 1.50 bits per heavy atom. The first kappa shape index (κ1) is 11.8. The molecule has 0 aliphatic carbocycles. The SMILES string of the molecule is COc1cc(Cl)c(S(N)(=O)=O)cc1Br. The quantitative estimate of drug-likeness (QED) is 0.905. The summed E-state index contributed by atoms with van der Waals surface area (Å²) in [5.74, 6) is 0.447. The van der Waals surface area contributed by atoms with E-state index in [1.54, 1.807) is 0 Å². The summed E-state index contributed by atoms with van der Waals surface area (Å²) in [7, 11) is -2.35. The van der Waals surface area contributed by atoms with Crippen molar-refractivity contribution < 1.29 is 13.2 Å². The van der Waals surface area contributed by atoms with Crippen molar-refractivity contribution >= 4 is 37.6 Å². The maximum absolute atomic E-state index is 11.0. The van der Waals surface area contributed by atoms with Crippen molar-refractivity contribution in [2.45, 2.75) is 4.90 Å². The zero-order chi connectivity index (χ0) is 10.9. The molecule has 0 aliphatic rings. The van der Waals surface area contributed by atoms with Crippen molar-refractivity contribution in [2.24, 2.45) is 5.14 Å². The predicted octanol–water partition coefficient (Wildman–Crippen LogP) is 1.76. The van der Waals surface area contributed by atoms with Gasteiger partial charge in [-0.1, -0.05) is 11.6 Å². The van der Waals surface area contributed by atoms with E-state index in [0.717, 1.165) is 0 Å². The standard InChI is InChI=1S/C7H7BrClNO3S/c1-13-6-3-5(9)7(2-4(6)8)14(10,11)12/h2-3H,1H3,(H2,10,11,12). The maximum atomic E-state index is 11.0. The molecule has 0 amide bonds. The predicted molar refractivity (Wildman–Crippen MR) is 57.1 cm³/mol. The largest absolute Gasteiger partial charge is 0.496 e. The van der Waals surface area contributed by atoms with Crippen LogP contribution >= 0.6 is 27.5 Å². The molecule has 1 rings (SSSR count). The number of primary sulfonamides is 1. The molecule has 0 saturated carbocycles. The van der Waals surface area contributed by atoms with E-state index in [4.69, 9.17) is 21.5 Å². The number of halogens is 2. The summed E-state index contributed by atoms with van der Waals surface area (Å²) in [4.78, 5) is -0.133.